The molecule has 27 heavy (non-hydrogen) atoms. The Bertz CT molecular complexity index is 1060. The first-order valence-electron chi connectivity index (χ1n) is 8.37. The molecule has 9 heteroatoms. The van der Waals surface area contributed by atoms with Crippen molar-refractivity contribution >= 4 is 33.5 Å². The number of nitrogens with zero attached hydrogens (tertiary/aromatic N) is 2. The number of ether oxygens (including phenoxy) is 2. The van der Waals surface area contributed by atoms with E-state index in [4.69, 9.17) is 13.9 Å². The molecule has 8 nitrogen and oxygen atoms in total. The fraction of sp³-hybridized carbons (Fsp3) is 0.333. The minimum atomic E-state index is -0.558. The van der Waals surface area contributed by atoms with Crippen molar-refractivity contribution in [1.82, 2.24) is 9.55 Å². The normalized spacial score (nSPS) is 10.9. The monoisotopic (exact) mass is 390 g/mol. The number of aromatic nitrogens is 2. The molecule has 0 saturated heterocycles. The standard InChI is InChI=1S/C18H18N2O6S/c1-4-24-17(22)12-7-6-11(26-12)8-20-9-19-15-13(16(20)21)10(3)14(27-15)18(23)25-5-2/h6-7,9H,4-5,8H2,1-3H3. The summed E-state index contributed by atoms with van der Waals surface area (Å²) in [5.41, 5.74) is 0.255. The number of esters is 2. The van der Waals surface area contributed by atoms with Gasteiger partial charge in [-0.1, -0.05) is 0 Å². The van der Waals surface area contributed by atoms with Gasteiger partial charge in [0.25, 0.3) is 5.56 Å². The zero-order valence-corrected chi connectivity index (χ0v) is 15.9. The van der Waals surface area contributed by atoms with Crippen molar-refractivity contribution in [2.75, 3.05) is 13.2 Å². The van der Waals surface area contributed by atoms with Gasteiger partial charge in [0, 0.05) is 0 Å². The maximum Gasteiger partial charge on any atom is 0.374 e. The van der Waals surface area contributed by atoms with Crippen molar-refractivity contribution in [3.63, 3.8) is 0 Å². The lowest BCUT2D eigenvalue weighted by molar-refractivity contribution is 0.0486. The molecular formula is C18H18N2O6S. The Balaban J connectivity index is 1.93. The summed E-state index contributed by atoms with van der Waals surface area (Å²) < 4.78 is 16.7. The molecule has 0 aliphatic heterocycles. The lowest BCUT2D eigenvalue weighted by Gasteiger charge is -2.03. The van der Waals surface area contributed by atoms with Gasteiger partial charge in [-0.2, -0.15) is 0 Å². The van der Waals surface area contributed by atoms with Crippen LogP contribution in [0.4, 0.5) is 0 Å². The molecule has 3 heterocycles. The minimum absolute atomic E-state index is 0.0743. The zero-order chi connectivity index (χ0) is 19.6. The first-order valence-corrected chi connectivity index (χ1v) is 9.19. The van der Waals surface area contributed by atoms with Gasteiger partial charge >= 0.3 is 11.9 Å². The molecule has 0 saturated carbocycles. The highest BCUT2D eigenvalue weighted by molar-refractivity contribution is 7.20. The summed E-state index contributed by atoms with van der Waals surface area (Å²) in [6.07, 6.45) is 1.39. The summed E-state index contributed by atoms with van der Waals surface area (Å²) in [5.74, 6) is -0.531. The molecule has 0 amide bonds. The van der Waals surface area contributed by atoms with E-state index in [0.717, 1.165) is 11.3 Å². The Morgan fingerprint density at radius 2 is 1.89 bits per heavy atom. The van der Waals surface area contributed by atoms with E-state index in [2.05, 4.69) is 4.98 Å². The highest BCUT2D eigenvalue weighted by Gasteiger charge is 2.21. The Kier molecular flexibility index (Phi) is 5.41. The summed E-state index contributed by atoms with van der Waals surface area (Å²) in [7, 11) is 0. The number of hydrogen-bond donors (Lipinski definition) is 0. The van der Waals surface area contributed by atoms with Crippen LogP contribution in [0.1, 0.15) is 45.4 Å². The number of thiophene rings is 1. The summed E-state index contributed by atoms with van der Waals surface area (Å²) in [6, 6.07) is 3.10. The average molecular weight is 390 g/mol. The van der Waals surface area contributed by atoms with E-state index in [1.165, 1.54) is 17.0 Å². The van der Waals surface area contributed by atoms with E-state index in [1.807, 2.05) is 0 Å². The van der Waals surface area contributed by atoms with Crippen LogP contribution < -0.4 is 5.56 Å². The Labute approximate surface area is 158 Å². The fourth-order valence-electron chi connectivity index (χ4n) is 2.61. The molecule has 142 valence electrons. The molecule has 3 rings (SSSR count). The summed E-state index contributed by atoms with van der Waals surface area (Å²) in [5, 5.41) is 0.378. The third kappa shape index (κ3) is 3.63. The topological polar surface area (TPSA) is 101 Å². The number of carbonyl (C=O) groups excluding carboxylic acids is 2. The summed E-state index contributed by atoms with van der Waals surface area (Å²) in [4.78, 5) is 41.7. The number of aryl methyl sites for hydroxylation is 1. The van der Waals surface area contributed by atoms with Gasteiger partial charge in [-0.05, 0) is 38.5 Å². The van der Waals surface area contributed by atoms with Crippen molar-refractivity contribution in [3.05, 3.63) is 50.8 Å². The van der Waals surface area contributed by atoms with Crippen LogP contribution in [0.5, 0.6) is 0 Å². The van der Waals surface area contributed by atoms with Crippen LogP contribution >= 0.6 is 11.3 Å². The smallest absolute Gasteiger partial charge is 0.374 e. The summed E-state index contributed by atoms with van der Waals surface area (Å²) in [6.45, 7) is 5.73. The lowest BCUT2D eigenvalue weighted by Crippen LogP contribution is -2.21. The van der Waals surface area contributed by atoms with Crippen molar-refractivity contribution in [1.29, 1.82) is 0 Å². The van der Waals surface area contributed by atoms with Crippen molar-refractivity contribution < 1.29 is 23.5 Å². The largest absolute Gasteiger partial charge is 0.462 e. The van der Waals surface area contributed by atoms with Crippen molar-refractivity contribution in [2.45, 2.75) is 27.3 Å². The third-order valence-corrected chi connectivity index (χ3v) is 5.02. The van der Waals surface area contributed by atoms with Gasteiger partial charge in [-0.25, -0.2) is 14.6 Å². The second-order valence-corrected chi connectivity index (χ2v) is 6.62. The predicted octanol–water partition coefficient (Wildman–Crippen LogP) is 2.76. The molecule has 0 aliphatic rings. The van der Waals surface area contributed by atoms with Gasteiger partial charge < -0.3 is 13.9 Å². The predicted molar refractivity (Wildman–Crippen MR) is 98.3 cm³/mol. The highest BCUT2D eigenvalue weighted by Crippen LogP contribution is 2.27. The fourth-order valence-corrected chi connectivity index (χ4v) is 3.64. The molecule has 0 spiro atoms. The number of fused-ring (bicyclic) bond motifs is 1. The van der Waals surface area contributed by atoms with Crippen molar-refractivity contribution in [2.24, 2.45) is 0 Å². The maximum atomic E-state index is 12.8. The molecule has 3 aromatic heterocycles. The number of carbonyl (C=O) groups is 2. The number of hydrogen-bond acceptors (Lipinski definition) is 8. The molecule has 0 bridgehead atoms. The lowest BCUT2D eigenvalue weighted by atomic mass is 10.2. The summed E-state index contributed by atoms with van der Waals surface area (Å²) >= 11 is 1.13. The first-order chi connectivity index (χ1) is 13.0. The van der Waals surface area contributed by atoms with Gasteiger partial charge in [-0.3, -0.25) is 9.36 Å². The van der Waals surface area contributed by atoms with Crippen LogP contribution in [0, 0.1) is 6.92 Å². The SMILES string of the molecule is CCOC(=O)c1ccc(Cn2cnc3sc(C(=O)OCC)c(C)c3c2=O)o1. The van der Waals surface area contributed by atoms with Gasteiger partial charge in [-0.15, -0.1) is 11.3 Å². The van der Waals surface area contributed by atoms with E-state index < -0.39 is 11.9 Å². The average Bonchev–Trinajstić information content (AvgIpc) is 3.23. The second-order valence-electron chi connectivity index (χ2n) is 5.62. The van der Waals surface area contributed by atoms with Gasteiger partial charge in [0.1, 0.15) is 15.5 Å². The quantitative estimate of drug-likeness (QED) is 0.597. The van der Waals surface area contributed by atoms with E-state index in [9.17, 15) is 14.4 Å². The molecular weight excluding hydrogens is 372 g/mol. The van der Waals surface area contributed by atoms with Crippen LogP contribution in [0.15, 0.2) is 27.7 Å². The molecule has 0 atom stereocenters. The van der Waals surface area contributed by atoms with Gasteiger partial charge in [0.15, 0.2) is 0 Å². The molecule has 0 aromatic carbocycles. The van der Waals surface area contributed by atoms with Crippen LogP contribution in [-0.4, -0.2) is 34.7 Å². The first kappa shape index (κ1) is 18.8. The highest BCUT2D eigenvalue weighted by atomic mass is 32.1. The Morgan fingerprint density at radius 3 is 2.59 bits per heavy atom. The zero-order valence-electron chi connectivity index (χ0n) is 15.1. The van der Waals surface area contributed by atoms with E-state index in [1.54, 1.807) is 26.8 Å². The molecule has 0 fully saturated rings. The van der Waals surface area contributed by atoms with Gasteiger partial charge in [0.2, 0.25) is 5.76 Å². The molecule has 3 aromatic rings. The minimum Gasteiger partial charge on any atom is -0.462 e. The van der Waals surface area contributed by atoms with E-state index >= 15 is 0 Å². The van der Waals surface area contributed by atoms with Crippen LogP contribution in [0.25, 0.3) is 10.2 Å². The van der Waals surface area contributed by atoms with Crippen LogP contribution in [0.3, 0.4) is 0 Å². The maximum absolute atomic E-state index is 12.8. The van der Waals surface area contributed by atoms with Gasteiger partial charge in [0.05, 0.1) is 31.5 Å². The molecule has 0 unspecified atom stereocenters. The van der Waals surface area contributed by atoms with Crippen molar-refractivity contribution in [3.8, 4) is 0 Å². The van der Waals surface area contributed by atoms with E-state index in [-0.39, 0.29) is 31.1 Å². The van der Waals surface area contributed by atoms with Crippen LogP contribution in [-0.2, 0) is 16.0 Å². The number of furan rings is 1. The third-order valence-electron chi connectivity index (χ3n) is 3.84. The Morgan fingerprint density at radius 1 is 1.19 bits per heavy atom. The van der Waals surface area contributed by atoms with Crippen LogP contribution in [0.2, 0.25) is 0 Å². The Hall–Kier alpha value is -2.94. The molecule has 0 aliphatic carbocycles. The molecule has 0 N–H and O–H groups in total. The number of rotatable bonds is 6. The second kappa shape index (κ2) is 7.75. The van der Waals surface area contributed by atoms with E-state index in [0.29, 0.717) is 26.4 Å². The molecule has 0 radical (unpaired) electrons.